The number of hydrogen-bond donors (Lipinski definition) is 2. The van der Waals surface area contributed by atoms with Crippen LogP contribution in [0.5, 0.6) is 0 Å². The molecule has 16 heavy (non-hydrogen) atoms. The largest absolute Gasteiger partial charge is 0.307 e. The molecule has 3 N–H and O–H groups in total. The molecule has 0 spiro atoms. The van der Waals surface area contributed by atoms with E-state index in [-0.39, 0.29) is 0 Å². The lowest BCUT2D eigenvalue weighted by Gasteiger charge is -2.07. The minimum absolute atomic E-state index is 0.718. The van der Waals surface area contributed by atoms with Crippen LogP contribution in [0.3, 0.4) is 0 Å². The van der Waals surface area contributed by atoms with E-state index < -0.39 is 0 Å². The predicted octanol–water partition coefficient (Wildman–Crippen LogP) is 1.09. The number of rotatable bonds is 5. The van der Waals surface area contributed by atoms with Gasteiger partial charge in [0.25, 0.3) is 0 Å². The van der Waals surface area contributed by atoms with Gasteiger partial charge in [-0.3, -0.25) is 9.67 Å². The zero-order chi connectivity index (χ0) is 12.0. The minimum Gasteiger partial charge on any atom is -0.307 e. The van der Waals surface area contributed by atoms with Crippen molar-refractivity contribution in [3.05, 3.63) is 17.5 Å². The highest BCUT2D eigenvalue weighted by Gasteiger charge is 2.10. The van der Waals surface area contributed by atoms with Crippen LogP contribution in [-0.4, -0.2) is 22.2 Å². The summed E-state index contributed by atoms with van der Waals surface area (Å²) in [4.78, 5) is 4.41. The second kappa shape index (κ2) is 6.27. The Hall–Kier alpha value is -1.36. The Morgan fingerprint density at radius 1 is 1.50 bits per heavy atom. The number of nitrogens with zero attached hydrogens (tertiary/aromatic N) is 3. The van der Waals surface area contributed by atoms with E-state index in [0.717, 1.165) is 43.2 Å². The summed E-state index contributed by atoms with van der Waals surface area (Å²) in [7, 11) is 0. The van der Waals surface area contributed by atoms with Gasteiger partial charge in [0.15, 0.2) is 5.84 Å². The van der Waals surface area contributed by atoms with Crippen LogP contribution in [0.2, 0.25) is 0 Å². The molecule has 0 bridgehead atoms. The molecule has 1 heterocycles. The molecule has 0 fully saturated rings. The first-order chi connectivity index (χ1) is 7.76. The molecule has 1 aromatic heterocycles. The number of nitrogens with two attached hydrogens (primary N) is 1. The molecule has 0 unspecified atom stereocenters. The van der Waals surface area contributed by atoms with Gasteiger partial charge in [-0.1, -0.05) is 13.8 Å². The minimum atomic E-state index is 0.718. The Labute approximate surface area is 96.7 Å². The molecule has 0 aliphatic rings. The van der Waals surface area contributed by atoms with E-state index in [1.165, 1.54) is 0 Å². The van der Waals surface area contributed by atoms with E-state index in [9.17, 15) is 0 Å². The summed E-state index contributed by atoms with van der Waals surface area (Å²) in [6, 6.07) is 2.04. The van der Waals surface area contributed by atoms with Gasteiger partial charge in [-0.25, -0.2) is 5.84 Å². The van der Waals surface area contributed by atoms with Gasteiger partial charge in [0.05, 0.1) is 5.69 Å². The first kappa shape index (κ1) is 12.7. The van der Waals surface area contributed by atoms with E-state index in [0.29, 0.717) is 0 Å². The molecular weight excluding hydrogens is 202 g/mol. The highest BCUT2D eigenvalue weighted by molar-refractivity contribution is 5.97. The average Bonchev–Trinajstić information content (AvgIpc) is 2.73. The summed E-state index contributed by atoms with van der Waals surface area (Å²) in [5.41, 5.74) is 4.69. The van der Waals surface area contributed by atoms with Gasteiger partial charge in [0.1, 0.15) is 5.69 Å². The Morgan fingerprint density at radius 3 is 2.75 bits per heavy atom. The Morgan fingerprint density at radius 2 is 2.25 bits per heavy atom. The van der Waals surface area contributed by atoms with Crippen LogP contribution in [0.25, 0.3) is 0 Å². The smallest absolute Gasteiger partial charge is 0.161 e. The summed E-state index contributed by atoms with van der Waals surface area (Å²) >= 11 is 0. The lowest BCUT2D eigenvalue weighted by atomic mass is 10.3. The maximum Gasteiger partial charge on any atom is 0.161 e. The van der Waals surface area contributed by atoms with Gasteiger partial charge in [0, 0.05) is 13.1 Å². The maximum atomic E-state index is 5.50. The van der Waals surface area contributed by atoms with Crippen molar-refractivity contribution in [2.75, 3.05) is 6.54 Å². The molecule has 0 aliphatic heterocycles. The molecule has 0 amide bonds. The number of aryl methyl sites for hydroxylation is 2. The van der Waals surface area contributed by atoms with E-state index in [2.05, 4.69) is 36.3 Å². The van der Waals surface area contributed by atoms with E-state index >= 15 is 0 Å². The third kappa shape index (κ3) is 2.82. The van der Waals surface area contributed by atoms with Gasteiger partial charge >= 0.3 is 0 Å². The van der Waals surface area contributed by atoms with Gasteiger partial charge in [-0.05, 0) is 25.8 Å². The third-order valence-corrected chi connectivity index (χ3v) is 2.37. The molecule has 0 aromatic carbocycles. The number of hydrogen-bond acceptors (Lipinski definition) is 3. The van der Waals surface area contributed by atoms with Gasteiger partial charge in [-0.2, -0.15) is 5.10 Å². The fourth-order valence-corrected chi connectivity index (χ4v) is 1.50. The predicted molar refractivity (Wildman–Crippen MR) is 66.3 cm³/mol. The lowest BCUT2D eigenvalue weighted by molar-refractivity contribution is 0.640. The van der Waals surface area contributed by atoms with Crippen LogP contribution in [0.4, 0.5) is 0 Å². The SMILES string of the molecule is CCCN=C(NN)c1cc(CC)nn1CC. The van der Waals surface area contributed by atoms with Gasteiger partial charge < -0.3 is 5.43 Å². The summed E-state index contributed by atoms with van der Waals surface area (Å²) < 4.78 is 1.92. The molecule has 1 rings (SSSR count). The van der Waals surface area contributed by atoms with Crippen molar-refractivity contribution >= 4 is 5.84 Å². The molecule has 1 aromatic rings. The van der Waals surface area contributed by atoms with Crippen LogP contribution in [-0.2, 0) is 13.0 Å². The van der Waals surface area contributed by atoms with Crippen LogP contribution in [0, 0.1) is 0 Å². The van der Waals surface area contributed by atoms with Crippen molar-refractivity contribution in [2.45, 2.75) is 40.2 Å². The lowest BCUT2D eigenvalue weighted by Crippen LogP contribution is -2.33. The summed E-state index contributed by atoms with van der Waals surface area (Å²) in [5, 5.41) is 4.46. The fraction of sp³-hybridized carbons (Fsp3) is 0.636. The summed E-state index contributed by atoms with van der Waals surface area (Å²) in [5.74, 6) is 6.22. The number of nitrogens with one attached hydrogen (secondary N) is 1. The highest BCUT2D eigenvalue weighted by atomic mass is 15.3. The summed E-state index contributed by atoms with van der Waals surface area (Å²) in [6.45, 7) is 7.83. The molecule has 0 saturated carbocycles. The van der Waals surface area contributed by atoms with Crippen molar-refractivity contribution in [1.29, 1.82) is 0 Å². The van der Waals surface area contributed by atoms with Crippen molar-refractivity contribution in [1.82, 2.24) is 15.2 Å². The van der Waals surface area contributed by atoms with E-state index in [1.807, 2.05) is 10.7 Å². The number of amidine groups is 1. The van der Waals surface area contributed by atoms with Crippen molar-refractivity contribution in [2.24, 2.45) is 10.8 Å². The van der Waals surface area contributed by atoms with Crippen molar-refractivity contribution in [3.63, 3.8) is 0 Å². The Balaban J connectivity index is 3.03. The zero-order valence-corrected chi connectivity index (χ0v) is 10.3. The Bertz CT molecular complexity index is 353. The molecular formula is C11H21N5. The fourth-order valence-electron chi connectivity index (χ4n) is 1.50. The second-order valence-electron chi connectivity index (χ2n) is 3.56. The van der Waals surface area contributed by atoms with Crippen molar-refractivity contribution in [3.8, 4) is 0 Å². The topological polar surface area (TPSA) is 68.2 Å². The van der Waals surface area contributed by atoms with Gasteiger partial charge in [-0.15, -0.1) is 0 Å². The number of aromatic nitrogens is 2. The molecule has 5 nitrogen and oxygen atoms in total. The average molecular weight is 223 g/mol. The van der Waals surface area contributed by atoms with Gasteiger partial charge in [0.2, 0.25) is 0 Å². The molecule has 0 aliphatic carbocycles. The molecule has 5 heteroatoms. The molecule has 90 valence electrons. The molecule has 0 atom stereocenters. The molecule has 0 radical (unpaired) electrons. The maximum absolute atomic E-state index is 5.50. The quantitative estimate of drug-likeness (QED) is 0.340. The monoisotopic (exact) mass is 223 g/mol. The van der Waals surface area contributed by atoms with Crippen LogP contribution < -0.4 is 11.3 Å². The third-order valence-electron chi connectivity index (χ3n) is 2.37. The first-order valence-electron chi connectivity index (χ1n) is 5.84. The normalized spacial score (nSPS) is 11.9. The zero-order valence-electron chi connectivity index (χ0n) is 10.3. The van der Waals surface area contributed by atoms with Crippen molar-refractivity contribution < 1.29 is 0 Å². The van der Waals surface area contributed by atoms with Crippen LogP contribution >= 0.6 is 0 Å². The van der Waals surface area contributed by atoms with E-state index in [4.69, 9.17) is 5.84 Å². The van der Waals surface area contributed by atoms with E-state index in [1.54, 1.807) is 0 Å². The number of aliphatic imine (C=N–C) groups is 1. The standard InChI is InChI=1S/C11H21N5/c1-4-7-13-11(14-12)10-8-9(5-2)15-16(10)6-3/h8H,4-7,12H2,1-3H3,(H,13,14). The second-order valence-corrected chi connectivity index (χ2v) is 3.56. The molecule has 0 saturated heterocycles. The Kier molecular flexibility index (Phi) is 4.98. The number of hydrazine groups is 1. The highest BCUT2D eigenvalue weighted by Crippen LogP contribution is 2.06. The van der Waals surface area contributed by atoms with Crippen LogP contribution in [0.1, 0.15) is 38.6 Å². The summed E-state index contributed by atoms with van der Waals surface area (Å²) in [6.07, 6.45) is 1.93. The van der Waals surface area contributed by atoms with Crippen LogP contribution in [0.15, 0.2) is 11.1 Å². The first-order valence-corrected chi connectivity index (χ1v) is 5.84.